The Balaban J connectivity index is 1.31. The van der Waals surface area contributed by atoms with Crippen LogP contribution in [0.4, 0.5) is 22.1 Å². The first-order chi connectivity index (χ1) is 17.6. The smallest absolute Gasteiger partial charge is 0.319 e. The van der Waals surface area contributed by atoms with E-state index in [2.05, 4.69) is 51.7 Å². The molecule has 1 unspecified atom stereocenters. The number of nitrogens with one attached hydrogen (secondary N) is 3. The summed E-state index contributed by atoms with van der Waals surface area (Å²) in [4.78, 5) is 41.8. The van der Waals surface area contributed by atoms with Gasteiger partial charge in [0.15, 0.2) is 0 Å². The normalized spacial score (nSPS) is 15.8. The van der Waals surface area contributed by atoms with Gasteiger partial charge in [0.25, 0.3) is 5.56 Å². The average Bonchev–Trinajstić information content (AvgIpc) is 3.62. The van der Waals surface area contributed by atoms with Crippen LogP contribution in [0.2, 0.25) is 0 Å². The number of anilines is 3. The van der Waals surface area contributed by atoms with Gasteiger partial charge in [-0.15, -0.1) is 11.3 Å². The minimum absolute atomic E-state index is 0.118. The molecule has 37 heavy (non-hydrogen) atoms. The summed E-state index contributed by atoms with van der Waals surface area (Å²) in [5.74, 6) is 0.457. The lowest BCUT2D eigenvalue weighted by molar-refractivity contribution is 0.249. The Morgan fingerprint density at radius 2 is 2.05 bits per heavy atom. The first-order valence-corrected chi connectivity index (χ1v) is 12.9. The number of amides is 2. The minimum Gasteiger partial charge on any atom is -0.365 e. The van der Waals surface area contributed by atoms with E-state index in [1.54, 1.807) is 32.0 Å². The van der Waals surface area contributed by atoms with Crippen LogP contribution in [0.3, 0.4) is 0 Å². The third-order valence-electron chi connectivity index (χ3n) is 6.33. The van der Waals surface area contributed by atoms with Crippen LogP contribution < -0.4 is 26.4 Å². The van der Waals surface area contributed by atoms with Crippen LogP contribution in [0.25, 0.3) is 21.6 Å². The summed E-state index contributed by atoms with van der Waals surface area (Å²) in [5, 5.41) is 14.4. The highest BCUT2D eigenvalue weighted by Crippen LogP contribution is 2.31. The monoisotopic (exact) mass is 522 g/mol. The summed E-state index contributed by atoms with van der Waals surface area (Å²) in [6, 6.07) is 1.39. The molecule has 2 amide bonds. The fourth-order valence-electron chi connectivity index (χ4n) is 4.34. The Morgan fingerprint density at radius 1 is 1.24 bits per heavy atom. The summed E-state index contributed by atoms with van der Waals surface area (Å²) >= 11 is 1.47. The number of pyridine rings is 1. The highest BCUT2D eigenvalue weighted by molar-refractivity contribution is 7.13. The van der Waals surface area contributed by atoms with Crippen molar-refractivity contribution in [2.75, 3.05) is 35.7 Å². The van der Waals surface area contributed by atoms with E-state index in [9.17, 15) is 9.59 Å². The Labute approximate surface area is 217 Å². The molecule has 1 atom stereocenters. The minimum atomic E-state index is -0.314. The van der Waals surface area contributed by atoms with Crippen molar-refractivity contribution in [1.82, 2.24) is 34.6 Å². The number of fused-ring (bicyclic) bond motifs is 1. The van der Waals surface area contributed by atoms with Gasteiger partial charge in [0.1, 0.15) is 17.0 Å². The summed E-state index contributed by atoms with van der Waals surface area (Å²) in [7, 11) is 3.44. The third-order valence-corrected chi connectivity index (χ3v) is 7.11. The van der Waals surface area contributed by atoms with Gasteiger partial charge in [-0.25, -0.2) is 9.78 Å². The summed E-state index contributed by atoms with van der Waals surface area (Å²) in [6.45, 7) is 7.32. The SMILES string of the molecule is CNc1ncc2cc(N3CCC(NC(=O)Nc4cn(C(C)(C)C)nc4-c4cncs4)C3)c(=O)n(C)c2n1. The van der Waals surface area contributed by atoms with Crippen molar-refractivity contribution in [1.29, 1.82) is 0 Å². The standard InChI is InChI=1S/C24H30N10O2S/c1-24(2,3)34-12-16(19(31-34)18-10-26-13-37-18)29-23(36)28-15-6-7-33(11-15)17-8-14-9-27-22(25-4)30-20(14)32(5)21(17)35/h8-10,12-13,15H,6-7,11H2,1-5H3,(H,25,27,30)(H2,28,29,36). The predicted octanol–water partition coefficient (Wildman–Crippen LogP) is 2.85. The number of carbonyl (C=O) groups is 1. The third kappa shape index (κ3) is 4.86. The number of aryl methyl sites for hydroxylation is 1. The largest absolute Gasteiger partial charge is 0.365 e. The van der Waals surface area contributed by atoms with Gasteiger partial charge in [-0.3, -0.25) is 19.0 Å². The van der Waals surface area contributed by atoms with Crippen LogP contribution in [0, 0.1) is 0 Å². The van der Waals surface area contributed by atoms with E-state index in [1.807, 2.05) is 21.8 Å². The second kappa shape index (κ2) is 9.47. The molecule has 0 bridgehead atoms. The number of carbonyl (C=O) groups excluding carboxylic acids is 1. The van der Waals surface area contributed by atoms with Crippen molar-refractivity contribution in [3.05, 3.63) is 40.5 Å². The first kappa shape index (κ1) is 24.7. The molecule has 1 fully saturated rings. The molecule has 1 aliphatic heterocycles. The van der Waals surface area contributed by atoms with E-state index in [0.717, 1.165) is 10.3 Å². The molecule has 0 saturated carbocycles. The van der Waals surface area contributed by atoms with Crippen LogP contribution >= 0.6 is 11.3 Å². The van der Waals surface area contributed by atoms with E-state index < -0.39 is 0 Å². The molecule has 5 rings (SSSR count). The highest BCUT2D eigenvalue weighted by atomic mass is 32.1. The van der Waals surface area contributed by atoms with Crippen LogP contribution in [0.5, 0.6) is 0 Å². The average molecular weight is 523 g/mol. The second-order valence-electron chi connectivity index (χ2n) is 10.0. The molecule has 194 valence electrons. The van der Waals surface area contributed by atoms with Crippen LogP contribution in [0.1, 0.15) is 27.2 Å². The Kier molecular flexibility index (Phi) is 6.31. The van der Waals surface area contributed by atoms with Gasteiger partial charge in [0, 0.05) is 57.2 Å². The van der Waals surface area contributed by atoms with Gasteiger partial charge in [-0.1, -0.05) is 0 Å². The van der Waals surface area contributed by atoms with Gasteiger partial charge in [-0.05, 0) is 33.3 Å². The van der Waals surface area contributed by atoms with Crippen LogP contribution in [-0.2, 0) is 12.6 Å². The van der Waals surface area contributed by atoms with Crippen molar-refractivity contribution < 1.29 is 4.79 Å². The fraction of sp³-hybridized carbons (Fsp3) is 0.417. The van der Waals surface area contributed by atoms with E-state index in [4.69, 9.17) is 5.10 Å². The molecule has 0 radical (unpaired) electrons. The summed E-state index contributed by atoms with van der Waals surface area (Å²) in [5.41, 5.74) is 3.80. The molecular weight excluding hydrogens is 492 g/mol. The molecule has 0 spiro atoms. The van der Waals surface area contributed by atoms with Crippen molar-refractivity contribution >= 4 is 45.7 Å². The van der Waals surface area contributed by atoms with Crippen molar-refractivity contribution in [2.24, 2.45) is 7.05 Å². The first-order valence-electron chi connectivity index (χ1n) is 12.0. The summed E-state index contributed by atoms with van der Waals surface area (Å²) < 4.78 is 3.38. The number of nitrogens with zero attached hydrogens (tertiary/aromatic N) is 7. The molecule has 0 aliphatic carbocycles. The maximum Gasteiger partial charge on any atom is 0.319 e. The number of urea groups is 1. The number of hydrogen-bond donors (Lipinski definition) is 3. The van der Waals surface area contributed by atoms with Gasteiger partial charge in [0.2, 0.25) is 5.95 Å². The van der Waals surface area contributed by atoms with Gasteiger partial charge < -0.3 is 20.9 Å². The number of hydrogen-bond acceptors (Lipinski definition) is 9. The van der Waals surface area contributed by atoms with E-state index in [1.165, 1.54) is 15.9 Å². The molecule has 13 heteroatoms. The summed E-state index contributed by atoms with van der Waals surface area (Å²) in [6.07, 6.45) is 6.00. The molecular formula is C24H30N10O2S. The molecule has 3 N–H and O–H groups in total. The quantitative estimate of drug-likeness (QED) is 0.364. The molecule has 12 nitrogen and oxygen atoms in total. The van der Waals surface area contributed by atoms with E-state index in [-0.39, 0.29) is 23.2 Å². The zero-order chi connectivity index (χ0) is 26.3. The maximum atomic E-state index is 13.1. The lowest BCUT2D eigenvalue weighted by Gasteiger charge is -2.20. The van der Waals surface area contributed by atoms with Gasteiger partial charge in [-0.2, -0.15) is 10.1 Å². The van der Waals surface area contributed by atoms with Crippen LogP contribution in [0.15, 0.2) is 35.0 Å². The molecule has 5 heterocycles. The second-order valence-corrected chi connectivity index (χ2v) is 10.9. The zero-order valence-corrected chi connectivity index (χ0v) is 22.3. The van der Waals surface area contributed by atoms with Crippen molar-refractivity contribution in [2.45, 2.75) is 38.8 Å². The Bertz CT molecular complexity index is 1500. The van der Waals surface area contributed by atoms with Gasteiger partial charge in [0.05, 0.1) is 21.6 Å². The van der Waals surface area contributed by atoms with E-state index >= 15 is 0 Å². The fourth-order valence-corrected chi connectivity index (χ4v) is 4.96. The molecule has 4 aromatic heterocycles. The highest BCUT2D eigenvalue weighted by Gasteiger charge is 2.28. The molecule has 1 aliphatic rings. The lowest BCUT2D eigenvalue weighted by atomic mass is 10.1. The number of thiazole rings is 1. The van der Waals surface area contributed by atoms with Gasteiger partial charge >= 0.3 is 6.03 Å². The molecule has 0 aromatic carbocycles. The zero-order valence-electron chi connectivity index (χ0n) is 21.4. The molecule has 1 saturated heterocycles. The van der Waals surface area contributed by atoms with E-state index in [0.29, 0.717) is 48.2 Å². The lowest BCUT2D eigenvalue weighted by Crippen LogP contribution is -2.40. The van der Waals surface area contributed by atoms with Crippen LogP contribution in [-0.4, -0.2) is 61.5 Å². The van der Waals surface area contributed by atoms with Crippen molar-refractivity contribution in [3.63, 3.8) is 0 Å². The predicted molar refractivity (Wildman–Crippen MR) is 145 cm³/mol. The van der Waals surface area contributed by atoms with Crippen molar-refractivity contribution in [3.8, 4) is 10.6 Å². The Hall–Kier alpha value is -4.00. The maximum absolute atomic E-state index is 13.1. The number of rotatable bonds is 5. The molecule has 4 aromatic rings. The topological polar surface area (TPSA) is 135 Å². The number of aromatic nitrogens is 6. The Morgan fingerprint density at radius 3 is 2.76 bits per heavy atom.